The molecule has 1 amide bonds. The van der Waals surface area contributed by atoms with E-state index in [2.05, 4.69) is 15.3 Å². The van der Waals surface area contributed by atoms with Gasteiger partial charge < -0.3 is 24.8 Å². The number of carbonyl (C=O) groups is 1. The summed E-state index contributed by atoms with van der Waals surface area (Å²) >= 11 is 0. The summed E-state index contributed by atoms with van der Waals surface area (Å²) in [4.78, 5) is 20.6. The van der Waals surface area contributed by atoms with Gasteiger partial charge in [0.25, 0.3) is 5.91 Å². The van der Waals surface area contributed by atoms with E-state index >= 15 is 0 Å². The molecule has 8 nitrogen and oxygen atoms in total. The third-order valence-corrected chi connectivity index (χ3v) is 4.84. The van der Waals surface area contributed by atoms with Crippen molar-refractivity contribution in [2.45, 2.75) is 52.4 Å². The van der Waals surface area contributed by atoms with Gasteiger partial charge in [0.15, 0.2) is 0 Å². The van der Waals surface area contributed by atoms with Crippen molar-refractivity contribution in [2.24, 2.45) is 0 Å². The van der Waals surface area contributed by atoms with Crippen LogP contribution in [0.5, 0.6) is 11.6 Å². The molecule has 0 saturated heterocycles. The van der Waals surface area contributed by atoms with Gasteiger partial charge in [0.05, 0.1) is 30.6 Å². The molecule has 0 aliphatic carbocycles. The summed E-state index contributed by atoms with van der Waals surface area (Å²) in [6, 6.07) is 3.22. The van der Waals surface area contributed by atoms with E-state index in [1.807, 2.05) is 19.9 Å². The highest BCUT2D eigenvalue weighted by molar-refractivity contribution is 6.62. The van der Waals surface area contributed by atoms with E-state index in [4.69, 9.17) is 9.39 Å². The lowest BCUT2D eigenvalue weighted by Gasteiger charge is -2.29. The lowest BCUT2D eigenvalue weighted by atomic mass is 9.76. The Labute approximate surface area is 164 Å². The summed E-state index contributed by atoms with van der Waals surface area (Å²) in [6.45, 7) is 7.37. The molecule has 0 radical (unpaired) electrons. The predicted molar refractivity (Wildman–Crippen MR) is 104 cm³/mol. The number of hydrogen-bond acceptors (Lipinski definition) is 7. The zero-order valence-electron chi connectivity index (χ0n) is 16.4. The number of nitrogens with one attached hydrogen (secondary N) is 1. The van der Waals surface area contributed by atoms with E-state index in [0.29, 0.717) is 24.2 Å². The molecule has 1 atom stereocenters. The van der Waals surface area contributed by atoms with Gasteiger partial charge in [0, 0.05) is 0 Å². The fourth-order valence-corrected chi connectivity index (χ4v) is 3.21. The van der Waals surface area contributed by atoms with Gasteiger partial charge in [0.2, 0.25) is 5.88 Å². The van der Waals surface area contributed by atoms with Crippen LogP contribution in [0, 0.1) is 6.92 Å². The van der Waals surface area contributed by atoms with Gasteiger partial charge in [-0.05, 0) is 49.8 Å². The Kier molecular flexibility index (Phi) is 5.69. The fourth-order valence-electron chi connectivity index (χ4n) is 3.21. The molecule has 28 heavy (non-hydrogen) atoms. The molecule has 1 aliphatic rings. The first-order valence-corrected chi connectivity index (χ1v) is 9.16. The molecular weight excluding hydrogens is 361 g/mol. The molecule has 9 heteroatoms. The van der Waals surface area contributed by atoms with Gasteiger partial charge in [-0.15, -0.1) is 0 Å². The second-order valence-corrected chi connectivity index (χ2v) is 7.35. The largest absolute Gasteiger partial charge is 0.492 e. The third-order valence-electron chi connectivity index (χ3n) is 4.84. The van der Waals surface area contributed by atoms with Gasteiger partial charge in [-0.2, -0.15) is 0 Å². The van der Waals surface area contributed by atoms with Gasteiger partial charge in [-0.25, -0.2) is 9.97 Å². The minimum Gasteiger partial charge on any atom is -0.437 e. The Morgan fingerprint density at radius 3 is 2.75 bits per heavy atom. The van der Waals surface area contributed by atoms with Gasteiger partial charge in [-0.1, -0.05) is 13.0 Å². The minimum absolute atomic E-state index is 0.129. The molecule has 2 heterocycles. The lowest BCUT2D eigenvalue weighted by Crippen LogP contribution is -2.49. The van der Waals surface area contributed by atoms with Crippen molar-refractivity contribution in [1.82, 2.24) is 15.3 Å². The van der Waals surface area contributed by atoms with Crippen LogP contribution in [-0.4, -0.2) is 44.8 Å². The standard InChI is InChI=1S/C19H24BN3O5/c1-5-15(19(3,4)25)23-18(24)13-8-22-16(9-21-13)28-14-7-6-12-10-27-20(26)17(12)11(14)2/h6-9,15,25-26H,5,10H2,1-4H3,(H,23,24)/t15-/m0/s1. The number of aliphatic hydroxyl groups is 1. The summed E-state index contributed by atoms with van der Waals surface area (Å²) in [5.74, 6) is 0.340. The maximum absolute atomic E-state index is 12.3. The minimum atomic E-state index is -1.04. The number of fused-ring (bicyclic) bond motifs is 1. The molecule has 0 fully saturated rings. The van der Waals surface area contributed by atoms with Crippen molar-refractivity contribution in [1.29, 1.82) is 0 Å². The molecule has 0 bridgehead atoms. The van der Waals surface area contributed by atoms with Crippen LogP contribution in [0.3, 0.4) is 0 Å². The first-order chi connectivity index (χ1) is 13.2. The van der Waals surface area contributed by atoms with Crippen LogP contribution in [0.4, 0.5) is 0 Å². The quantitative estimate of drug-likeness (QED) is 0.638. The van der Waals surface area contributed by atoms with E-state index in [9.17, 15) is 14.9 Å². The maximum Gasteiger partial charge on any atom is 0.492 e. The molecule has 0 saturated carbocycles. The summed E-state index contributed by atoms with van der Waals surface area (Å²) in [6.07, 6.45) is 3.26. The summed E-state index contributed by atoms with van der Waals surface area (Å²) in [5.41, 5.74) is 1.48. The van der Waals surface area contributed by atoms with Crippen molar-refractivity contribution in [3.05, 3.63) is 41.3 Å². The smallest absolute Gasteiger partial charge is 0.437 e. The Balaban J connectivity index is 1.72. The number of benzene rings is 1. The van der Waals surface area contributed by atoms with Gasteiger partial charge >= 0.3 is 7.12 Å². The SMILES string of the molecule is CC[C@H](NC(=O)c1cnc(Oc2ccc3c(c2C)B(O)OC3)cn1)C(C)(C)O. The van der Waals surface area contributed by atoms with Crippen molar-refractivity contribution in [2.75, 3.05) is 0 Å². The topological polar surface area (TPSA) is 114 Å². The molecule has 2 aromatic rings. The summed E-state index contributed by atoms with van der Waals surface area (Å²) < 4.78 is 11.0. The number of carbonyl (C=O) groups excluding carboxylic acids is 1. The van der Waals surface area contributed by atoms with Crippen molar-refractivity contribution >= 4 is 18.5 Å². The Morgan fingerprint density at radius 1 is 1.39 bits per heavy atom. The fraction of sp³-hybridized carbons (Fsp3) is 0.421. The average Bonchev–Trinajstić information content (AvgIpc) is 3.03. The highest BCUT2D eigenvalue weighted by atomic mass is 16.5. The van der Waals surface area contributed by atoms with Crippen LogP contribution in [-0.2, 0) is 11.3 Å². The highest BCUT2D eigenvalue weighted by Crippen LogP contribution is 2.25. The van der Waals surface area contributed by atoms with Crippen LogP contribution >= 0.6 is 0 Å². The number of ether oxygens (including phenoxy) is 1. The molecule has 1 aromatic carbocycles. The second kappa shape index (κ2) is 7.87. The zero-order chi connectivity index (χ0) is 20.5. The van der Waals surface area contributed by atoms with Crippen molar-refractivity contribution < 1.29 is 24.3 Å². The van der Waals surface area contributed by atoms with E-state index in [-0.39, 0.29) is 11.6 Å². The first-order valence-electron chi connectivity index (χ1n) is 9.16. The second-order valence-electron chi connectivity index (χ2n) is 7.35. The van der Waals surface area contributed by atoms with Crippen LogP contribution in [0.15, 0.2) is 24.5 Å². The van der Waals surface area contributed by atoms with Crippen molar-refractivity contribution in [3.63, 3.8) is 0 Å². The Morgan fingerprint density at radius 2 is 2.14 bits per heavy atom. The molecular formula is C19H24BN3O5. The molecule has 0 spiro atoms. The first kappa shape index (κ1) is 20.3. The monoisotopic (exact) mass is 385 g/mol. The predicted octanol–water partition coefficient (Wildman–Crippen LogP) is 1.07. The number of hydrogen-bond donors (Lipinski definition) is 3. The van der Waals surface area contributed by atoms with Crippen molar-refractivity contribution in [3.8, 4) is 11.6 Å². The molecule has 148 valence electrons. The molecule has 3 rings (SSSR count). The van der Waals surface area contributed by atoms with E-state index < -0.39 is 24.7 Å². The van der Waals surface area contributed by atoms with Gasteiger partial charge in [0.1, 0.15) is 11.4 Å². The zero-order valence-corrected chi connectivity index (χ0v) is 16.4. The van der Waals surface area contributed by atoms with Gasteiger partial charge in [-0.3, -0.25) is 4.79 Å². The summed E-state index contributed by atoms with van der Waals surface area (Å²) in [5, 5.41) is 22.8. The highest BCUT2D eigenvalue weighted by Gasteiger charge is 2.31. The molecule has 1 aromatic heterocycles. The molecule has 1 aliphatic heterocycles. The number of rotatable bonds is 6. The van der Waals surface area contributed by atoms with E-state index in [1.165, 1.54) is 12.4 Å². The normalized spacial score (nSPS) is 14.6. The maximum atomic E-state index is 12.3. The van der Waals surface area contributed by atoms with Crippen LogP contribution in [0.1, 0.15) is 48.8 Å². The van der Waals surface area contributed by atoms with Crippen LogP contribution in [0.2, 0.25) is 0 Å². The number of amides is 1. The lowest BCUT2D eigenvalue weighted by molar-refractivity contribution is 0.0336. The van der Waals surface area contributed by atoms with Crippen LogP contribution < -0.4 is 15.5 Å². The molecule has 0 unspecified atom stereocenters. The van der Waals surface area contributed by atoms with E-state index in [0.717, 1.165) is 11.1 Å². The number of aromatic nitrogens is 2. The average molecular weight is 385 g/mol. The molecule has 3 N–H and O–H groups in total. The van der Waals surface area contributed by atoms with E-state index in [1.54, 1.807) is 19.9 Å². The Bertz CT molecular complexity index is 867. The van der Waals surface area contributed by atoms with Crippen LogP contribution in [0.25, 0.3) is 0 Å². The Hall–Kier alpha value is -2.49. The number of nitrogens with zero attached hydrogens (tertiary/aromatic N) is 2. The summed E-state index contributed by atoms with van der Waals surface area (Å²) in [7, 11) is -0.960. The third kappa shape index (κ3) is 4.16.